The number of piperazine rings is 1. The summed E-state index contributed by atoms with van der Waals surface area (Å²) in [5, 5.41) is 3.32. The summed E-state index contributed by atoms with van der Waals surface area (Å²) < 4.78 is 0. The molecule has 3 nitrogen and oxygen atoms in total. The van der Waals surface area contributed by atoms with Gasteiger partial charge in [0.05, 0.1) is 0 Å². The summed E-state index contributed by atoms with van der Waals surface area (Å²) in [6.45, 7) is 6.99. The molecule has 1 saturated heterocycles. The van der Waals surface area contributed by atoms with Gasteiger partial charge in [-0.1, -0.05) is 13.8 Å². The fourth-order valence-corrected chi connectivity index (χ4v) is 1.56. The Kier molecular flexibility index (Phi) is 3.88. The Hall–Kier alpha value is -0.410. The molecule has 0 aromatic carbocycles. The van der Waals surface area contributed by atoms with Crippen molar-refractivity contribution < 1.29 is 4.79 Å². The van der Waals surface area contributed by atoms with Crippen LogP contribution in [0.2, 0.25) is 0 Å². The number of hydrogen-bond donors (Lipinski definition) is 1. The van der Waals surface area contributed by atoms with Gasteiger partial charge >= 0.3 is 0 Å². The summed E-state index contributed by atoms with van der Waals surface area (Å²) in [7, 11) is 2.10. The molecule has 76 valence electrons. The number of ketones is 1. The second kappa shape index (κ2) is 4.72. The summed E-state index contributed by atoms with van der Waals surface area (Å²) in [5.41, 5.74) is 0. The molecular formula is C10H20N2O. The van der Waals surface area contributed by atoms with Crippen molar-refractivity contribution in [1.82, 2.24) is 10.2 Å². The van der Waals surface area contributed by atoms with Crippen molar-refractivity contribution in [2.75, 3.05) is 26.7 Å². The highest BCUT2D eigenvalue weighted by Crippen LogP contribution is 2.08. The molecule has 3 heteroatoms. The molecule has 1 N–H and O–H groups in total. The third-order valence-corrected chi connectivity index (χ3v) is 2.73. The molecule has 1 aliphatic rings. The average Bonchev–Trinajstić information content (AvgIpc) is 2.08. The fraction of sp³-hybridized carbons (Fsp3) is 0.900. The van der Waals surface area contributed by atoms with Crippen molar-refractivity contribution >= 4 is 5.78 Å². The van der Waals surface area contributed by atoms with Gasteiger partial charge in [-0.2, -0.15) is 0 Å². The zero-order valence-corrected chi connectivity index (χ0v) is 8.84. The van der Waals surface area contributed by atoms with E-state index in [0.717, 1.165) is 19.6 Å². The molecular weight excluding hydrogens is 164 g/mol. The number of nitrogens with one attached hydrogen (secondary N) is 1. The minimum Gasteiger partial charge on any atom is -0.314 e. The first-order valence-corrected chi connectivity index (χ1v) is 5.05. The molecule has 0 aromatic heterocycles. The number of rotatable bonds is 3. The Labute approximate surface area is 80.5 Å². The molecule has 0 bridgehead atoms. The number of carbonyl (C=O) groups is 1. The van der Waals surface area contributed by atoms with Crippen molar-refractivity contribution in [2.45, 2.75) is 26.3 Å². The Balaban J connectivity index is 2.38. The smallest absolute Gasteiger partial charge is 0.137 e. The first-order valence-electron chi connectivity index (χ1n) is 5.05. The van der Waals surface area contributed by atoms with Gasteiger partial charge in [-0.3, -0.25) is 4.79 Å². The van der Waals surface area contributed by atoms with Gasteiger partial charge in [0, 0.05) is 38.0 Å². The molecule has 1 unspecified atom stereocenters. The summed E-state index contributed by atoms with van der Waals surface area (Å²) >= 11 is 0. The summed E-state index contributed by atoms with van der Waals surface area (Å²) in [6.07, 6.45) is 0.696. The molecule has 1 rings (SSSR count). The van der Waals surface area contributed by atoms with Gasteiger partial charge < -0.3 is 10.2 Å². The van der Waals surface area contributed by atoms with Crippen molar-refractivity contribution in [3.8, 4) is 0 Å². The molecule has 0 saturated carbocycles. The van der Waals surface area contributed by atoms with E-state index >= 15 is 0 Å². The number of Topliss-reactive ketones (excluding diaryl/α,β-unsaturated/α-hetero) is 1. The lowest BCUT2D eigenvalue weighted by Crippen LogP contribution is -2.50. The van der Waals surface area contributed by atoms with Gasteiger partial charge in [0.1, 0.15) is 5.78 Å². The van der Waals surface area contributed by atoms with E-state index in [1.807, 2.05) is 13.8 Å². The summed E-state index contributed by atoms with van der Waals surface area (Å²) in [4.78, 5) is 13.8. The van der Waals surface area contributed by atoms with E-state index in [-0.39, 0.29) is 5.92 Å². The van der Waals surface area contributed by atoms with E-state index in [9.17, 15) is 4.79 Å². The van der Waals surface area contributed by atoms with Crippen molar-refractivity contribution in [1.29, 1.82) is 0 Å². The quantitative estimate of drug-likeness (QED) is 0.693. The van der Waals surface area contributed by atoms with Crippen molar-refractivity contribution in [3.05, 3.63) is 0 Å². The standard InChI is InChI=1S/C10H20N2O/c1-8(2)10(13)6-9-7-11-4-5-12(9)3/h8-9,11H,4-7H2,1-3H3. The predicted molar refractivity (Wildman–Crippen MR) is 53.7 cm³/mol. The van der Waals surface area contributed by atoms with Crippen LogP contribution < -0.4 is 5.32 Å². The lowest BCUT2D eigenvalue weighted by Gasteiger charge is -2.32. The van der Waals surface area contributed by atoms with E-state index in [1.54, 1.807) is 0 Å². The molecule has 0 spiro atoms. The monoisotopic (exact) mass is 184 g/mol. The summed E-state index contributed by atoms with van der Waals surface area (Å²) in [5.74, 6) is 0.552. The van der Waals surface area contributed by atoms with Gasteiger partial charge in [0.25, 0.3) is 0 Å². The average molecular weight is 184 g/mol. The maximum Gasteiger partial charge on any atom is 0.137 e. The fourth-order valence-electron chi connectivity index (χ4n) is 1.56. The van der Waals surface area contributed by atoms with Gasteiger partial charge in [-0.05, 0) is 7.05 Å². The van der Waals surface area contributed by atoms with Crippen LogP contribution in [0, 0.1) is 5.92 Å². The molecule has 0 amide bonds. The van der Waals surface area contributed by atoms with E-state index in [1.165, 1.54) is 0 Å². The van der Waals surface area contributed by atoms with Crippen LogP contribution in [0.4, 0.5) is 0 Å². The normalized spacial score (nSPS) is 25.1. The van der Waals surface area contributed by atoms with Crippen LogP contribution in [0.15, 0.2) is 0 Å². The highest BCUT2D eigenvalue weighted by Gasteiger charge is 2.22. The zero-order chi connectivity index (χ0) is 9.84. The topological polar surface area (TPSA) is 32.3 Å². The molecule has 0 radical (unpaired) electrons. The SMILES string of the molecule is CC(C)C(=O)CC1CNCCN1C. The molecule has 1 heterocycles. The van der Waals surface area contributed by atoms with Crippen LogP contribution in [0.3, 0.4) is 0 Å². The molecule has 1 atom stereocenters. The Bertz CT molecular complexity index is 180. The lowest BCUT2D eigenvalue weighted by atomic mass is 10.00. The predicted octanol–water partition coefficient (Wildman–Crippen LogP) is 0.505. The zero-order valence-electron chi connectivity index (χ0n) is 8.84. The first-order chi connectivity index (χ1) is 6.11. The number of likely N-dealkylation sites (N-methyl/N-ethyl adjacent to an activating group) is 1. The number of nitrogens with zero attached hydrogens (tertiary/aromatic N) is 1. The maximum absolute atomic E-state index is 11.5. The van der Waals surface area contributed by atoms with Crippen molar-refractivity contribution in [2.24, 2.45) is 5.92 Å². The number of hydrogen-bond acceptors (Lipinski definition) is 3. The van der Waals surface area contributed by atoms with Gasteiger partial charge in [0.2, 0.25) is 0 Å². The Morgan fingerprint density at radius 3 is 2.85 bits per heavy atom. The van der Waals surface area contributed by atoms with E-state index in [2.05, 4.69) is 17.3 Å². The maximum atomic E-state index is 11.5. The highest BCUT2D eigenvalue weighted by atomic mass is 16.1. The molecule has 13 heavy (non-hydrogen) atoms. The number of carbonyl (C=O) groups excluding carboxylic acids is 1. The molecule has 1 aliphatic heterocycles. The van der Waals surface area contributed by atoms with Crippen LogP contribution in [-0.2, 0) is 4.79 Å². The third-order valence-electron chi connectivity index (χ3n) is 2.73. The third kappa shape index (κ3) is 3.08. The van der Waals surface area contributed by atoms with Crippen LogP contribution in [0.5, 0.6) is 0 Å². The van der Waals surface area contributed by atoms with Crippen LogP contribution >= 0.6 is 0 Å². The molecule has 0 aromatic rings. The van der Waals surface area contributed by atoms with E-state index in [4.69, 9.17) is 0 Å². The van der Waals surface area contributed by atoms with Crippen molar-refractivity contribution in [3.63, 3.8) is 0 Å². The van der Waals surface area contributed by atoms with E-state index < -0.39 is 0 Å². The van der Waals surface area contributed by atoms with Gasteiger partial charge in [0.15, 0.2) is 0 Å². The molecule has 1 fully saturated rings. The minimum atomic E-state index is 0.176. The second-order valence-corrected chi connectivity index (χ2v) is 4.16. The first kappa shape index (κ1) is 10.7. The Morgan fingerprint density at radius 1 is 1.62 bits per heavy atom. The molecule has 0 aliphatic carbocycles. The summed E-state index contributed by atoms with van der Waals surface area (Å²) in [6, 6.07) is 0.406. The minimum absolute atomic E-state index is 0.176. The highest BCUT2D eigenvalue weighted by molar-refractivity contribution is 5.80. The van der Waals surface area contributed by atoms with Gasteiger partial charge in [-0.25, -0.2) is 0 Å². The van der Waals surface area contributed by atoms with Crippen LogP contribution in [0.1, 0.15) is 20.3 Å². The lowest BCUT2D eigenvalue weighted by molar-refractivity contribution is -0.123. The van der Waals surface area contributed by atoms with Crippen LogP contribution in [-0.4, -0.2) is 43.4 Å². The Morgan fingerprint density at radius 2 is 2.31 bits per heavy atom. The largest absolute Gasteiger partial charge is 0.314 e. The second-order valence-electron chi connectivity index (χ2n) is 4.16. The van der Waals surface area contributed by atoms with Crippen LogP contribution in [0.25, 0.3) is 0 Å². The van der Waals surface area contributed by atoms with Gasteiger partial charge in [-0.15, -0.1) is 0 Å². The van der Waals surface area contributed by atoms with E-state index in [0.29, 0.717) is 18.2 Å².